The van der Waals surface area contributed by atoms with E-state index in [2.05, 4.69) is 127 Å². The lowest BCUT2D eigenvalue weighted by Crippen LogP contribution is -2.52. The van der Waals surface area contributed by atoms with Crippen molar-refractivity contribution in [3.63, 3.8) is 0 Å². The van der Waals surface area contributed by atoms with Crippen LogP contribution in [0.1, 0.15) is 44.5 Å². The van der Waals surface area contributed by atoms with E-state index in [9.17, 15) is 0 Å². The molecule has 1 atom stereocenters. The highest BCUT2D eigenvalue weighted by Crippen LogP contribution is 2.55. The topological polar surface area (TPSA) is 89.0 Å². The van der Waals surface area contributed by atoms with Gasteiger partial charge in [-0.25, -0.2) is 0 Å². The van der Waals surface area contributed by atoms with Crippen LogP contribution in [0.2, 0.25) is 0 Å². The Morgan fingerprint density at radius 2 is 0.840 bits per heavy atom. The van der Waals surface area contributed by atoms with Gasteiger partial charge in [0.25, 0.3) is 0 Å². The molecule has 0 aliphatic heterocycles. The van der Waals surface area contributed by atoms with Crippen LogP contribution in [0, 0.1) is 0 Å². The van der Waals surface area contributed by atoms with E-state index < -0.39 is 11.1 Å². The van der Waals surface area contributed by atoms with Crippen molar-refractivity contribution in [2.45, 2.75) is 37.5 Å². The predicted molar refractivity (Wildman–Crippen MR) is 202 cm³/mol. The Bertz CT molecular complexity index is 1940. The fraction of sp³-hybridized carbons (Fsp3) is 0.227. The van der Waals surface area contributed by atoms with Crippen LogP contribution in [0.25, 0.3) is 22.3 Å². The number of benzene rings is 5. The van der Waals surface area contributed by atoms with E-state index in [1.807, 2.05) is 6.08 Å². The summed E-state index contributed by atoms with van der Waals surface area (Å²) < 4.78 is 21.8. The molecule has 6 nitrogen and oxygen atoms in total. The molecule has 6 heteroatoms. The maximum Gasteiger partial charge on any atom is 0.110 e. The number of allylic oxidation sites excluding steroid dienone is 2. The van der Waals surface area contributed by atoms with Gasteiger partial charge in [-0.2, -0.15) is 0 Å². The first-order valence-electron chi connectivity index (χ1n) is 16.8. The monoisotopic (exact) mass is 666 g/mol. The minimum Gasteiger partial charge on any atom is -0.380 e. The Balaban J connectivity index is 1.72. The van der Waals surface area contributed by atoms with Gasteiger partial charge in [0, 0.05) is 34.0 Å². The van der Waals surface area contributed by atoms with E-state index in [4.69, 9.17) is 30.4 Å². The van der Waals surface area contributed by atoms with Crippen molar-refractivity contribution in [3.05, 3.63) is 178 Å². The van der Waals surface area contributed by atoms with E-state index in [0.717, 1.165) is 66.8 Å². The number of methoxy groups -OCH3 is 4. The first-order valence-corrected chi connectivity index (χ1v) is 16.8. The zero-order chi connectivity index (χ0) is 35.1. The molecule has 5 aromatic rings. The van der Waals surface area contributed by atoms with Gasteiger partial charge in [-0.15, -0.1) is 0 Å². The van der Waals surface area contributed by atoms with Crippen molar-refractivity contribution >= 4 is 11.1 Å². The quantitative estimate of drug-likeness (QED) is 0.0978. The van der Waals surface area contributed by atoms with Gasteiger partial charge in [0.05, 0.1) is 31.8 Å². The van der Waals surface area contributed by atoms with Crippen LogP contribution in [0.3, 0.4) is 0 Å². The van der Waals surface area contributed by atoms with Crippen LogP contribution in [0.5, 0.6) is 0 Å². The summed E-state index contributed by atoms with van der Waals surface area (Å²) in [6.45, 7) is 2.09. The van der Waals surface area contributed by atoms with Crippen molar-refractivity contribution in [3.8, 4) is 11.1 Å². The van der Waals surface area contributed by atoms with Gasteiger partial charge in [0.15, 0.2) is 0 Å². The molecule has 6 rings (SSSR count). The first kappa shape index (κ1) is 35.2. The molecule has 0 heterocycles. The first-order chi connectivity index (χ1) is 24.3. The highest BCUT2D eigenvalue weighted by atomic mass is 16.5. The lowest BCUT2D eigenvalue weighted by atomic mass is 9.59. The molecule has 4 N–H and O–H groups in total. The third kappa shape index (κ3) is 7.00. The normalized spacial score (nSPS) is 16.9. The van der Waals surface area contributed by atoms with Crippen LogP contribution in [-0.2, 0) is 50.8 Å². The second-order valence-electron chi connectivity index (χ2n) is 12.9. The maximum atomic E-state index is 7.15. The molecule has 0 bridgehead atoms. The average Bonchev–Trinajstić information content (AvgIpc) is 3.14. The molecule has 5 aromatic carbocycles. The van der Waals surface area contributed by atoms with Gasteiger partial charge in [0.2, 0.25) is 0 Å². The van der Waals surface area contributed by atoms with Crippen LogP contribution >= 0.6 is 0 Å². The van der Waals surface area contributed by atoms with E-state index in [1.54, 1.807) is 28.4 Å². The maximum absolute atomic E-state index is 7.15. The van der Waals surface area contributed by atoms with Gasteiger partial charge in [-0.3, -0.25) is 0 Å². The number of hydrogen-bond acceptors (Lipinski definition) is 6. The molecule has 50 heavy (non-hydrogen) atoms. The molecule has 1 unspecified atom stereocenters. The van der Waals surface area contributed by atoms with Gasteiger partial charge in [-0.1, -0.05) is 127 Å². The smallest absolute Gasteiger partial charge is 0.110 e. The Morgan fingerprint density at radius 1 is 0.440 bits per heavy atom. The van der Waals surface area contributed by atoms with E-state index in [-0.39, 0.29) is 0 Å². The molecule has 1 aliphatic carbocycles. The van der Waals surface area contributed by atoms with E-state index in [0.29, 0.717) is 26.4 Å². The van der Waals surface area contributed by atoms with Gasteiger partial charge < -0.3 is 30.4 Å². The predicted octanol–water partition coefficient (Wildman–Crippen LogP) is 8.02. The minimum atomic E-state index is -1.28. The summed E-state index contributed by atoms with van der Waals surface area (Å²) >= 11 is 0. The summed E-state index contributed by atoms with van der Waals surface area (Å²) in [7, 11) is 6.84. The summed E-state index contributed by atoms with van der Waals surface area (Å²) in [6.07, 6.45) is 4.17. The molecule has 0 fully saturated rings. The SMILES string of the molecule is COCc1ccc(C2=C(c3ccc(COC)cc3)C(c3ccc(COC)cc3)(c3ccccc3-c3ccc(COC)cc3)C=CC2(N)N)cc1. The highest BCUT2D eigenvalue weighted by Gasteiger charge is 2.46. The minimum absolute atomic E-state index is 0.512. The molecule has 0 radical (unpaired) electrons. The molecular formula is C44H46N2O4. The summed E-state index contributed by atoms with van der Waals surface area (Å²) in [4.78, 5) is 0. The zero-order valence-corrected chi connectivity index (χ0v) is 29.3. The van der Waals surface area contributed by atoms with E-state index in [1.165, 1.54) is 0 Å². The Morgan fingerprint density at radius 3 is 1.30 bits per heavy atom. The highest BCUT2D eigenvalue weighted by molar-refractivity contribution is 6.04. The summed E-state index contributed by atoms with van der Waals surface area (Å²) in [5.74, 6) is 0. The van der Waals surface area contributed by atoms with E-state index >= 15 is 0 Å². The van der Waals surface area contributed by atoms with Crippen LogP contribution in [0.4, 0.5) is 0 Å². The summed E-state index contributed by atoms with van der Waals surface area (Å²) in [5.41, 5.74) is 24.8. The van der Waals surface area contributed by atoms with Crippen molar-refractivity contribution in [1.82, 2.24) is 0 Å². The second kappa shape index (κ2) is 15.5. The summed E-state index contributed by atoms with van der Waals surface area (Å²) in [6, 6.07) is 42.8. The Hall–Kier alpha value is -4.66. The third-order valence-electron chi connectivity index (χ3n) is 9.44. The number of hydrogen-bond donors (Lipinski definition) is 2. The Labute approximate surface area is 296 Å². The molecule has 256 valence electrons. The molecule has 0 amide bonds. The van der Waals surface area contributed by atoms with Gasteiger partial charge in [0.1, 0.15) is 5.66 Å². The van der Waals surface area contributed by atoms with Crippen LogP contribution in [0.15, 0.2) is 133 Å². The Kier molecular flexibility index (Phi) is 10.9. The average molecular weight is 667 g/mol. The van der Waals surface area contributed by atoms with Gasteiger partial charge in [-0.05, 0) is 67.3 Å². The number of ether oxygens (including phenoxy) is 4. The van der Waals surface area contributed by atoms with Gasteiger partial charge >= 0.3 is 0 Å². The van der Waals surface area contributed by atoms with Crippen molar-refractivity contribution < 1.29 is 18.9 Å². The molecule has 0 saturated carbocycles. The largest absolute Gasteiger partial charge is 0.380 e. The molecule has 0 spiro atoms. The lowest BCUT2D eigenvalue weighted by Gasteiger charge is -2.45. The standard InChI is InChI=1S/C44H46N2O4/c1-47-27-31-9-17-35(18-10-31)39-7-5-6-8-40(39)43(38-23-15-34(16-24-38)30-50-4)25-26-44(45,46)42(37-21-13-33(14-22-37)29-49-3)41(43)36-19-11-32(12-20-36)28-48-2/h5-26H,27-30,45-46H2,1-4H3. The van der Waals surface area contributed by atoms with Crippen LogP contribution in [-0.4, -0.2) is 34.1 Å². The fourth-order valence-corrected chi connectivity index (χ4v) is 7.16. The molecule has 1 aliphatic rings. The molecule has 0 aromatic heterocycles. The third-order valence-corrected chi connectivity index (χ3v) is 9.44. The van der Waals surface area contributed by atoms with Crippen molar-refractivity contribution in [2.24, 2.45) is 11.5 Å². The number of rotatable bonds is 13. The number of nitrogens with two attached hydrogens (primary N) is 2. The van der Waals surface area contributed by atoms with Crippen molar-refractivity contribution in [1.29, 1.82) is 0 Å². The molecule has 0 saturated heterocycles. The summed E-state index contributed by atoms with van der Waals surface area (Å²) in [5, 5.41) is 0. The van der Waals surface area contributed by atoms with Crippen molar-refractivity contribution in [2.75, 3.05) is 28.4 Å². The molecular weight excluding hydrogens is 620 g/mol. The fourth-order valence-electron chi connectivity index (χ4n) is 7.16. The zero-order valence-electron chi connectivity index (χ0n) is 29.3. The lowest BCUT2D eigenvalue weighted by molar-refractivity contribution is 0.185. The van der Waals surface area contributed by atoms with Crippen LogP contribution < -0.4 is 11.5 Å². The second-order valence-corrected chi connectivity index (χ2v) is 12.9.